The molecule has 0 amide bonds. The number of aromatic carboxylic acids is 1. The van der Waals surface area contributed by atoms with Crippen LogP contribution in [0.3, 0.4) is 0 Å². The molecular weight excluding hydrogens is 254 g/mol. The number of carbonyl (C=O) groups is 1. The highest BCUT2D eigenvalue weighted by molar-refractivity contribution is 5.86. The molecule has 0 radical (unpaired) electrons. The molecular formula is C16H15NO3. The van der Waals surface area contributed by atoms with E-state index in [9.17, 15) is 9.90 Å². The third-order valence-electron chi connectivity index (χ3n) is 2.98. The van der Waals surface area contributed by atoms with Gasteiger partial charge in [-0.1, -0.05) is 12.2 Å². The van der Waals surface area contributed by atoms with Crippen molar-refractivity contribution < 1.29 is 15.0 Å². The maximum atomic E-state index is 10.8. The predicted octanol–water partition coefficient (Wildman–Crippen LogP) is 3.27. The molecule has 0 unspecified atom stereocenters. The summed E-state index contributed by atoms with van der Waals surface area (Å²) in [6.07, 6.45) is 5.16. The van der Waals surface area contributed by atoms with E-state index in [0.717, 1.165) is 22.3 Å². The van der Waals surface area contributed by atoms with Crippen LogP contribution in [0.4, 0.5) is 0 Å². The molecule has 1 aromatic carbocycles. The van der Waals surface area contributed by atoms with Gasteiger partial charge in [-0.15, -0.1) is 0 Å². The van der Waals surface area contributed by atoms with Crippen LogP contribution >= 0.6 is 0 Å². The number of aromatic hydroxyl groups is 1. The van der Waals surface area contributed by atoms with Gasteiger partial charge in [-0.25, -0.2) is 9.78 Å². The van der Waals surface area contributed by atoms with Gasteiger partial charge in [-0.2, -0.15) is 0 Å². The maximum absolute atomic E-state index is 10.8. The molecule has 0 spiro atoms. The summed E-state index contributed by atoms with van der Waals surface area (Å²) in [5.74, 6) is -0.740. The van der Waals surface area contributed by atoms with Crippen molar-refractivity contribution in [2.75, 3.05) is 0 Å². The molecule has 4 nitrogen and oxygen atoms in total. The van der Waals surface area contributed by atoms with Gasteiger partial charge >= 0.3 is 5.97 Å². The highest BCUT2D eigenvalue weighted by Crippen LogP contribution is 2.23. The van der Waals surface area contributed by atoms with E-state index >= 15 is 0 Å². The number of carboxylic acid groups (broad SMARTS) is 1. The van der Waals surface area contributed by atoms with Gasteiger partial charge in [0.1, 0.15) is 11.4 Å². The Morgan fingerprint density at radius 2 is 1.70 bits per heavy atom. The highest BCUT2D eigenvalue weighted by atomic mass is 16.4. The summed E-state index contributed by atoms with van der Waals surface area (Å²) in [6, 6.07) is 7.00. The summed E-state index contributed by atoms with van der Waals surface area (Å²) in [5.41, 5.74) is 3.36. The Balaban J connectivity index is 2.30. The van der Waals surface area contributed by atoms with Crippen LogP contribution in [0.2, 0.25) is 0 Å². The molecule has 2 N–H and O–H groups in total. The normalized spacial score (nSPS) is 10.9. The molecule has 0 saturated heterocycles. The summed E-state index contributed by atoms with van der Waals surface area (Å²) in [4.78, 5) is 14.6. The van der Waals surface area contributed by atoms with Crippen LogP contribution < -0.4 is 0 Å². The predicted molar refractivity (Wildman–Crippen MR) is 77.7 cm³/mol. The van der Waals surface area contributed by atoms with Gasteiger partial charge in [-0.3, -0.25) is 0 Å². The number of aryl methyl sites for hydroxylation is 2. The van der Waals surface area contributed by atoms with Gasteiger partial charge in [0, 0.05) is 6.20 Å². The molecule has 0 fully saturated rings. The number of carboxylic acids is 1. The Morgan fingerprint density at radius 1 is 1.10 bits per heavy atom. The average molecular weight is 269 g/mol. The standard InChI is InChI=1S/C16H15NO3/c1-10-7-13(8-11(2)15(10)18)4-3-12-5-6-17-14(9-12)16(19)20/h3-9,18H,1-2H3,(H,19,20). The molecule has 0 aliphatic heterocycles. The zero-order valence-electron chi connectivity index (χ0n) is 11.3. The molecule has 0 aliphatic carbocycles. The van der Waals surface area contributed by atoms with Crippen molar-refractivity contribution in [2.24, 2.45) is 0 Å². The van der Waals surface area contributed by atoms with Gasteiger partial charge in [0.25, 0.3) is 0 Å². The first kappa shape index (κ1) is 13.8. The number of phenols is 1. The van der Waals surface area contributed by atoms with Crippen molar-refractivity contribution >= 4 is 18.1 Å². The molecule has 0 atom stereocenters. The molecule has 1 heterocycles. The van der Waals surface area contributed by atoms with E-state index in [1.165, 1.54) is 12.3 Å². The third-order valence-corrected chi connectivity index (χ3v) is 2.98. The average Bonchev–Trinajstić information content (AvgIpc) is 2.42. The summed E-state index contributed by atoms with van der Waals surface area (Å²) in [7, 11) is 0. The summed E-state index contributed by atoms with van der Waals surface area (Å²) >= 11 is 0. The van der Waals surface area contributed by atoms with E-state index in [2.05, 4.69) is 4.98 Å². The quantitative estimate of drug-likeness (QED) is 0.897. The van der Waals surface area contributed by atoms with Crippen LogP contribution in [0.5, 0.6) is 5.75 Å². The van der Waals surface area contributed by atoms with Crippen LogP contribution in [0.25, 0.3) is 12.2 Å². The SMILES string of the molecule is Cc1cc(C=Cc2ccnc(C(=O)O)c2)cc(C)c1O. The molecule has 2 rings (SSSR count). The fraction of sp³-hybridized carbons (Fsp3) is 0.125. The largest absolute Gasteiger partial charge is 0.507 e. The number of hydrogen-bond acceptors (Lipinski definition) is 3. The number of rotatable bonds is 3. The van der Waals surface area contributed by atoms with Crippen LogP contribution in [0, 0.1) is 13.8 Å². The van der Waals surface area contributed by atoms with Crippen LogP contribution in [-0.4, -0.2) is 21.2 Å². The van der Waals surface area contributed by atoms with Crippen molar-refractivity contribution in [1.82, 2.24) is 4.98 Å². The number of pyridine rings is 1. The maximum Gasteiger partial charge on any atom is 0.354 e. The second-order valence-corrected chi connectivity index (χ2v) is 4.62. The van der Waals surface area contributed by atoms with Crippen LogP contribution in [0.15, 0.2) is 30.5 Å². The minimum absolute atomic E-state index is 0.0187. The lowest BCUT2D eigenvalue weighted by Gasteiger charge is -2.04. The molecule has 102 valence electrons. The van der Waals surface area contributed by atoms with Crippen molar-refractivity contribution in [2.45, 2.75) is 13.8 Å². The number of nitrogens with zero attached hydrogens (tertiary/aromatic N) is 1. The first-order valence-corrected chi connectivity index (χ1v) is 6.15. The fourth-order valence-corrected chi connectivity index (χ4v) is 1.95. The summed E-state index contributed by atoms with van der Waals surface area (Å²) in [5, 5.41) is 18.6. The monoisotopic (exact) mass is 269 g/mol. The third kappa shape index (κ3) is 3.03. The van der Waals surface area contributed by atoms with E-state index < -0.39 is 5.97 Å². The van der Waals surface area contributed by atoms with Crippen LogP contribution in [-0.2, 0) is 0 Å². The lowest BCUT2D eigenvalue weighted by Crippen LogP contribution is -1.99. The summed E-state index contributed by atoms with van der Waals surface area (Å²) < 4.78 is 0. The van der Waals surface area contributed by atoms with E-state index in [4.69, 9.17) is 5.11 Å². The number of phenolic OH excluding ortho intramolecular Hbond substituents is 1. The zero-order valence-corrected chi connectivity index (χ0v) is 11.3. The van der Waals surface area contributed by atoms with Crippen molar-refractivity contribution in [1.29, 1.82) is 0 Å². The van der Waals surface area contributed by atoms with Crippen LogP contribution in [0.1, 0.15) is 32.7 Å². The number of benzene rings is 1. The lowest BCUT2D eigenvalue weighted by molar-refractivity contribution is 0.0690. The Bertz CT molecular complexity index is 667. The van der Waals surface area contributed by atoms with Gasteiger partial charge in [0.05, 0.1) is 0 Å². The van der Waals surface area contributed by atoms with Crippen molar-refractivity contribution in [3.63, 3.8) is 0 Å². The number of aromatic nitrogens is 1. The van der Waals surface area contributed by atoms with Gasteiger partial charge in [0.15, 0.2) is 0 Å². The Labute approximate surface area is 117 Å². The first-order chi connectivity index (χ1) is 9.47. The molecule has 1 aromatic heterocycles. The second-order valence-electron chi connectivity index (χ2n) is 4.62. The Morgan fingerprint density at radius 3 is 2.30 bits per heavy atom. The van der Waals surface area contributed by atoms with E-state index in [0.29, 0.717) is 5.75 Å². The number of hydrogen-bond donors (Lipinski definition) is 2. The molecule has 2 aromatic rings. The van der Waals surface area contributed by atoms with Gasteiger partial charge < -0.3 is 10.2 Å². The van der Waals surface area contributed by atoms with E-state index in [1.54, 1.807) is 6.07 Å². The Kier molecular flexibility index (Phi) is 3.84. The summed E-state index contributed by atoms with van der Waals surface area (Å²) in [6.45, 7) is 3.68. The second kappa shape index (κ2) is 5.57. The van der Waals surface area contributed by atoms with Crippen molar-refractivity contribution in [3.8, 4) is 5.75 Å². The minimum Gasteiger partial charge on any atom is -0.507 e. The van der Waals surface area contributed by atoms with E-state index in [-0.39, 0.29) is 5.69 Å². The highest BCUT2D eigenvalue weighted by Gasteiger charge is 2.04. The molecule has 0 aliphatic rings. The van der Waals surface area contributed by atoms with Gasteiger partial charge in [0.2, 0.25) is 0 Å². The van der Waals surface area contributed by atoms with Crippen molar-refractivity contribution in [3.05, 3.63) is 58.4 Å². The first-order valence-electron chi connectivity index (χ1n) is 6.15. The Hall–Kier alpha value is -2.62. The fourth-order valence-electron chi connectivity index (χ4n) is 1.95. The topological polar surface area (TPSA) is 70.4 Å². The minimum atomic E-state index is -1.04. The molecule has 4 heteroatoms. The van der Waals surface area contributed by atoms with E-state index in [1.807, 2.05) is 38.1 Å². The molecule has 20 heavy (non-hydrogen) atoms. The zero-order chi connectivity index (χ0) is 14.7. The lowest BCUT2D eigenvalue weighted by atomic mass is 10.0. The smallest absolute Gasteiger partial charge is 0.354 e. The molecule has 0 bridgehead atoms. The molecule has 0 saturated carbocycles. The van der Waals surface area contributed by atoms with Gasteiger partial charge in [-0.05, 0) is 60.4 Å².